The van der Waals surface area contributed by atoms with Gasteiger partial charge >= 0.3 is 0 Å². The lowest BCUT2D eigenvalue weighted by molar-refractivity contribution is 0.442. The molecule has 13 aromatic carbocycles. The van der Waals surface area contributed by atoms with E-state index in [0.29, 0.717) is 11.8 Å². The highest BCUT2D eigenvalue weighted by Crippen LogP contribution is 2.65. The molecule has 0 saturated heterocycles. The Morgan fingerprint density at radius 2 is 0.798 bits per heavy atom. The average molecular weight is 1210 g/mol. The number of anilines is 6. The number of aromatic nitrogens is 1. The van der Waals surface area contributed by atoms with Gasteiger partial charge in [-0.05, 0) is 189 Å². The zero-order valence-electron chi connectivity index (χ0n) is 53.1. The molecular formula is C89H69N3O2. The van der Waals surface area contributed by atoms with Crippen LogP contribution in [0, 0.1) is 13.8 Å². The van der Waals surface area contributed by atoms with Crippen molar-refractivity contribution in [2.75, 3.05) is 9.80 Å². The number of hydrogen-bond acceptors (Lipinski definition) is 4. The molecule has 1 spiro atoms. The van der Waals surface area contributed by atoms with E-state index in [1.165, 1.54) is 169 Å². The van der Waals surface area contributed by atoms with Gasteiger partial charge in [-0.15, -0.1) is 0 Å². The second-order valence-corrected chi connectivity index (χ2v) is 27.5. The van der Waals surface area contributed by atoms with E-state index in [-0.39, 0.29) is 0 Å². The zero-order valence-corrected chi connectivity index (χ0v) is 53.1. The van der Waals surface area contributed by atoms with Crippen LogP contribution in [0.25, 0.3) is 104 Å². The van der Waals surface area contributed by atoms with Crippen LogP contribution >= 0.6 is 0 Å². The maximum Gasteiger partial charge on any atom is 0.159 e. The molecule has 0 N–H and O–H groups in total. The molecule has 5 heteroatoms. The summed E-state index contributed by atoms with van der Waals surface area (Å²) < 4.78 is 17.6. The number of benzene rings is 13. The summed E-state index contributed by atoms with van der Waals surface area (Å²) in [6, 6.07) is 94.7. The number of rotatable bonds is 8. The molecule has 20 rings (SSSR count). The molecule has 452 valence electrons. The second kappa shape index (κ2) is 20.7. The maximum atomic E-state index is 7.54. The minimum atomic E-state index is -0.769. The highest BCUT2D eigenvalue weighted by Gasteiger charge is 2.52. The Morgan fingerprint density at radius 1 is 0.340 bits per heavy atom. The van der Waals surface area contributed by atoms with Crippen LogP contribution in [-0.2, 0) is 5.41 Å². The van der Waals surface area contributed by atoms with Crippen molar-refractivity contribution in [1.29, 1.82) is 0 Å². The highest BCUT2D eigenvalue weighted by atomic mass is 16.3. The van der Waals surface area contributed by atoms with Crippen molar-refractivity contribution in [1.82, 2.24) is 4.57 Å². The molecule has 0 amide bonds. The van der Waals surface area contributed by atoms with Crippen molar-refractivity contribution in [2.45, 2.75) is 95.3 Å². The van der Waals surface area contributed by atoms with Crippen LogP contribution in [0.15, 0.2) is 258 Å². The summed E-state index contributed by atoms with van der Waals surface area (Å²) in [4.78, 5) is 5.02. The van der Waals surface area contributed by atoms with Crippen molar-refractivity contribution in [3.8, 4) is 16.8 Å². The Bertz CT molecular complexity index is 5760. The van der Waals surface area contributed by atoms with Crippen molar-refractivity contribution in [2.24, 2.45) is 0 Å². The standard InChI is InChI=1S/C89H69N3O2/c1-54-23-9-16-40-76(54)90(80-43-21-37-68-66-35-19-33-64(85(66)93-87(68)80)56-25-5-3-6-26-56)60-47-50-78-70(51-60)71-52-61(91(77-41-17-10-24-55(77)2)81-44-22-38-69-67-36-20-34-65(86(67)94-88(69)81)57-27-7-4-8-28-57)53-75-84(71)92(78)79-42-18-15-39-72(79)89(75)73-48-45-58-29-11-13-31-62(58)82(73)83-63-32-14-12-30-59(63)46-49-74(83)89/h9-24,29-53,56-57H,3-8,25-28H2,1-2H3. The van der Waals surface area contributed by atoms with E-state index < -0.39 is 5.41 Å². The number of nitrogens with zero attached hydrogens (tertiary/aromatic N) is 3. The first kappa shape index (κ1) is 54.0. The van der Waals surface area contributed by atoms with Crippen molar-refractivity contribution >= 4 is 121 Å². The Morgan fingerprint density at radius 3 is 1.36 bits per heavy atom. The summed E-state index contributed by atoms with van der Waals surface area (Å²) in [7, 11) is 0. The lowest BCUT2D eigenvalue weighted by atomic mass is 9.65. The van der Waals surface area contributed by atoms with E-state index in [0.717, 1.165) is 78.1 Å². The lowest BCUT2D eigenvalue weighted by Gasteiger charge is -2.40. The molecule has 4 aliphatic rings. The van der Waals surface area contributed by atoms with Crippen LogP contribution in [0.4, 0.5) is 34.1 Å². The van der Waals surface area contributed by atoms with E-state index in [4.69, 9.17) is 8.83 Å². The van der Waals surface area contributed by atoms with E-state index >= 15 is 0 Å². The predicted molar refractivity (Wildman–Crippen MR) is 392 cm³/mol. The summed E-state index contributed by atoms with van der Waals surface area (Å²) >= 11 is 0. The van der Waals surface area contributed by atoms with Gasteiger partial charge in [-0.25, -0.2) is 0 Å². The van der Waals surface area contributed by atoms with Gasteiger partial charge < -0.3 is 23.2 Å². The monoisotopic (exact) mass is 1210 g/mol. The second-order valence-electron chi connectivity index (χ2n) is 27.5. The summed E-state index contributed by atoms with van der Waals surface area (Å²) in [5, 5.41) is 12.0. The normalized spacial score (nSPS) is 15.3. The molecule has 1 aliphatic heterocycles. The summed E-state index contributed by atoms with van der Waals surface area (Å²) in [5.41, 5.74) is 25.8. The summed E-state index contributed by atoms with van der Waals surface area (Å²) in [6.07, 6.45) is 12.4. The number of furan rings is 2. The molecule has 0 radical (unpaired) electrons. The van der Waals surface area contributed by atoms with Crippen LogP contribution in [0.1, 0.15) is 121 Å². The minimum absolute atomic E-state index is 0.476. The first-order valence-electron chi connectivity index (χ1n) is 34.4. The van der Waals surface area contributed by atoms with Gasteiger partial charge in [-0.3, -0.25) is 0 Å². The van der Waals surface area contributed by atoms with Crippen LogP contribution < -0.4 is 9.80 Å². The van der Waals surface area contributed by atoms with Gasteiger partial charge in [-0.2, -0.15) is 0 Å². The highest BCUT2D eigenvalue weighted by molar-refractivity contribution is 6.20. The first-order valence-corrected chi connectivity index (χ1v) is 34.4. The average Bonchev–Trinajstić information content (AvgIpc) is 1.46. The fraction of sp³-hybridized carbons (Fsp3) is 0.169. The number of hydrogen-bond donors (Lipinski definition) is 0. The third kappa shape index (κ3) is 7.58. The molecule has 0 atom stereocenters. The lowest BCUT2D eigenvalue weighted by Crippen LogP contribution is -2.33. The zero-order chi connectivity index (χ0) is 61.9. The molecule has 2 saturated carbocycles. The molecule has 94 heavy (non-hydrogen) atoms. The van der Waals surface area contributed by atoms with E-state index in [1.54, 1.807) is 0 Å². The fourth-order valence-corrected chi connectivity index (χ4v) is 18.4. The molecule has 2 fully saturated rings. The maximum absolute atomic E-state index is 7.54. The minimum Gasteiger partial charge on any atom is -0.454 e. The van der Waals surface area contributed by atoms with Crippen molar-refractivity contribution < 1.29 is 8.83 Å². The van der Waals surface area contributed by atoms with Gasteiger partial charge in [0.25, 0.3) is 0 Å². The number of fused-ring (bicyclic) bond motifs is 22. The molecule has 16 aromatic rings. The predicted octanol–water partition coefficient (Wildman–Crippen LogP) is 25.2. The fourth-order valence-electron chi connectivity index (χ4n) is 18.4. The molecule has 4 heterocycles. The van der Waals surface area contributed by atoms with Crippen LogP contribution in [0.3, 0.4) is 0 Å². The van der Waals surface area contributed by atoms with Gasteiger partial charge in [0.05, 0.1) is 33.5 Å². The molecule has 5 nitrogen and oxygen atoms in total. The van der Waals surface area contributed by atoms with Crippen LogP contribution in [-0.4, -0.2) is 4.57 Å². The molecule has 0 unspecified atom stereocenters. The topological polar surface area (TPSA) is 37.7 Å². The van der Waals surface area contributed by atoms with Crippen molar-refractivity contribution in [3.63, 3.8) is 0 Å². The van der Waals surface area contributed by atoms with Gasteiger partial charge in [0.2, 0.25) is 0 Å². The van der Waals surface area contributed by atoms with Crippen LogP contribution in [0.5, 0.6) is 0 Å². The number of aryl methyl sites for hydroxylation is 2. The van der Waals surface area contributed by atoms with E-state index in [1.807, 2.05) is 0 Å². The molecule has 0 bridgehead atoms. The first-order chi connectivity index (χ1) is 46.5. The summed E-state index contributed by atoms with van der Waals surface area (Å²) in [5.74, 6) is 0.970. The summed E-state index contributed by atoms with van der Waals surface area (Å²) in [6.45, 7) is 4.51. The molecule has 3 aromatic heterocycles. The quantitative estimate of drug-likeness (QED) is 0.152. The molecular weight excluding hydrogens is 1140 g/mol. The largest absolute Gasteiger partial charge is 0.454 e. The van der Waals surface area contributed by atoms with E-state index in [2.05, 4.69) is 277 Å². The van der Waals surface area contributed by atoms with Gasteiger partial charge in [0, 0.05) is 55.1 Å². The van der Waals surface area contributed by atoms with Gasteiger partial charge in [0.15, 0.2) is 11.2 Å². The third-order valence-electron chi connectivity index (χ3n) is 22.6. The SMILES string of the molecule is Cc1ccccc1N(c1ccc2c(c1)c1cc(N(c3ccccc3C)c3cccc4c3oc3c(C5CCCCC5)cccc34)cc3c1n2-c1ccccc1C31c2ccc3ccccc3c2-c2c1ccc1ccccc21)c1cccc2c1oc1c(C3CCCCC3)cccc12. The number of para-hydroxylation sites is 7. The van der Waals surface area contributed by atoms with Gasteiger partial charge in [-0.1, -0.05) is 227 Å². The van der Waals surface area contributed by atoms with Crippen molar-refractivity contribution in [3.05, 3.63) is 293 Å². The smallest absolute Gasteiger partial charge is 0.159 e. The van der Waals surface area contributed by atoms with Gasteiger partial charge in [0.1, 0.15) is 11.2 Å². The third-order valence-corrected chi connectivity index (χ3v) is 22.6. The van der Waals surface area contributed by atoms with Crippen LogP contribution in [0.2, 0.25) is 0 Å². The Balaban J connectivity index is 0.918. The van der Waals surface area contributed by atoms with E-state index in [9.17, 15) is 0 Å². The Hall–Kier alpha value is -10.6. The Labute approximate surface area is 546 Å². The Kier molecular flexibility index (Phi) is 11.9. The molecule has 3 aliphatic carbocycles.